The summed E-state index contributed by atoms with van der Waals surface area (Å²) in [6.45, 7) is 11.4. The second kappa shape index (κ2) is 11.3. The number of ether oxygens (including phenoxy) is 3. The number of carbonyl (C=O) groups excluding carboxylic acids is 2. The monoisotopic (exact) mass is 512 g/mol. The van der Waals surface area contributed by atoms with E-state index in [1.54, 1.807) is 18.3 Å². The van der Waals surface area contributed by atoms with E-state index in [1.165, 1.54) is 12.1 Å². The maximum atomic E-state index is 12.0. The normalized spacial score (nSPS) is 21.0. The molecule has 200 valence electrons. The molecule has 0 spiro atoms. The molecule has 2 bridgehead atoms. The molecule has 5 heterocycles. The first-order chi connectivity index (χ1) is 17.7. The van der Waals surface area contributed by atoms with Crippen molar-refractivity contribution in [3.05, 3.63) is 35.7 Å². The number of aromatic nitrogens is 2. The van der Waals surface area contributed by atoms with Gasteiger partial charge in [0, 0.05) is 45.0 Å². The van der Waals surface area contributed by atoms with Crippen LogP contribution in [0.3, 0.4) is 0 Å². The Kier molecular flexibility index (Phi) is 8.13. The van der Waals surface area contributed by atoms with Gasteiger partial charge in [-0.1, -0.05) is 0 Å². The van der Waals surface area contributed by atoms with Crippen LogP contribution < -0.4 is 25.2 Å². The van der Waals surface area contributed by atoms with Crippen LogP contribution in [0.2, 0.25) is 0 Å². The molecule has 3 aliphatic heterocycles. The Labute approximate surface area is 217 Å². The van der Waals surface area contributed by atoms with Crippen LogP contribution in [0.4, 0.5) is 17.3 Å². The van der Waals surface area contributed by atoms with Crippen LogP contribution in [0.5, 0.6) is 5.75 Å². The summed E-state index contributed by atoms with van der Waals surface area (Å²) in [5, 5.41) is 5.28. The standard InChI is InChI=1S/C14H20N4O.C12H16N2O4/c1-4-15-14(19)11-7-9(2)12-13(16-11)17(3)10-5-6-18(12)8-10;1-12(2)17-7-10(18-12)6-16-9-3-4-13-11(5-9)14-8-15/h7,10H,4-6,8H2,1-3H3,(H,15,19);3-5,8,10H,6-7H2,1-2H3,(H,13,14,15). The van der Waals surface area contributed by atoms with Crippen molar-refractivity contribution in [1.82, 2.24) is 15.3 Å². The van der Waals surface area contributed by atoms with Crippen LogP contribution >= 0.6 is 0 Å². The molecule has 2 atom stereocenters. The van der Waals surface area contributed by atoms with Gasteiger partial charge in [-0.25, -0.2) is 9.97 Å². The van der Waals surface area contributed by atoms with Crippen LogP contribution in [-0.2, 0) is 14.3 Å². The summed E-state index contributed by atoms with van der Waals surface area (Å²) in [6.07, 6.45) is 3.22. The summed E-state index contributed by atoms with van der Waals surface area (Å²) in [5.41, 5.74) is 2.86. The number of nitrogens with one attached hydrogen (secondary N) is 2. The number of hydrogen-bond acceptors (Lipinski definition) is 9. The molecule has 0 aromatic carbocycles. The van der Waals surface area contributed by atoms with Crippen LogP contribution in [0, 0.1) is 6.92 Å². The van der Waals surface area contributed by atoms with E-state index in [2.05, 4.69) is 44.4 Å². The molecule has 2 aromatic heterocycles. The Morgan fingerprint density at radius 1 is 1.35 bits per heavy atom. The molecule has 2 unspecified atom stereocenters. The van der Waals surface area contributed by atoms with Gasteiger partial charge in [0.05, 0.1) is 12.3 Å². The second-order valence-corrected chi connectivity index (χ2v) is 9.76. The van der Waals surface area contributed by atoms with E-state index >= 15 is 0 Å². The zero-order valence-electron chi connectivity index (χ0n) is 22.1. The summed E-state index contributed by atoms with van der Waals surface area (Å²) in [5.74, 6) is 1.40. The minimum atomic E-state index is -0.545. The number of aryl methyl sites for hydroxylation is 1. The van der Waals surface area contributed by atoms with Crippen molar-refractivity contribution < 1.29 is 23.8 Å². The second-order valence-electron chi connectivity index (χ2n) is 9.76. The van der Waals surface area contributed by atoms with Crippen LogP contribution in [-0.4, -0.2) is 80.1 Å². The summed E-state index contributed by atoms with van der Waals surface area (Å²) in [7, 11) is 2.08. The van der Waals surface area contributed by atoms with E-state index in [0.29, 0.717) is 49.5 Å². The van der Waals surface area contributed by atoms with E-state index in [0.717, 1.165) is 24.5 Å². The van der Waals surface area contributed by atoms with Crippen LogP contribution in [0.1, 0.15) is 43.2 Å². The lowest BCUT2D eigenvalue weighted by atomic mass is 10.1. The zero-order valence-corrected chi connectivity index (χ0v) is 22.1. The van der Waals surface area contributed by atoms with Gasteiger partial charge >= 0.3 is 0 Å². The molecule has 2 fully saturated rings. The van der Waals surface area contributed by atoms with Crippen molar-refractivity contribution in [1.29, 1.82) is 0 Å². The number of carbonyl (C=O) groups is 2. The van der Waals surface area contributed by atoms with Gasteiger partial charge in [-0.05, 0) is 51.8 Å². The summed E-state index contributed by atoms with van der Waals surface area (Å²) in [6, 6.07) is 5.80. The quantitative estimate of drug-likeness (QED) is 0.539. The van der Waals surface area contributed by atoms with Gasteiger partial charge in [0.1, 0.15) is 30.0 Å². The number of hydrogen-bond donors (Lipinski definition) is 2. The van der Waals surface area contributed by atoms with Gasteiger partial charge in [-0.2, -0.15) is 0 Å². The minimum Gasteiger partial charge on any atom is -0.491 e. The number of pyridine rings is 2. The van der Waals surface area contributed by atoms with Gasteiger partial charge in [-0.15, -0.1) is 0 Å². The molecule has 0 aliphatic carbocycles. The maximum Gasteiger partial charge on any atom is 0.269 e. The van der Waals surface area contributed by atoms with E-state index < -0.39 is 5.79 Å². The Bertz CT molecular complexity index is 1130. The number of anilines is 3. The lowest BCUT2D eigenvalue weighted by Crippen LogP contribution is -2.41. The zero-order chi connectivity index (χ0) is 26.6. The Hall–Kier alpha value is -3.44. The molecule has 2 N–H and O–H groups in total. The molecule has 0 radical (unpaired) electrons. The molecule has 2 aromatic rings. The Morgan fingerprint density at radius 2 is 2.16 bits per heavy atom. The first kappa shape index (κ1) is 26.6. The van der Waals surface area contributed by atoms with Crippen LogP contribution in [0.15, 0.2) is 24.4 Å². The van der Waals surface area contributed by atoms with Gasteiger partial charge < -0.3 is 34.6 Å². The number of rotatable bonds is 7. The largest absolute Gasteiger partial charge is 0.491 e. The number of likely N-dealkylation sites (N-methyl/N-ethyl adjacent to an activating group) is 1. The lowest BCUT2D eigenvalue weighted by Gasteiger charge is -2.35. The van der Waals surface area contributed by atoms with Gasteiger partial charge in [0.25, 0.3) is 5.91 Å². The van der Waals surface area contributed by atoms with Crippen molar-refractivity contribution in [3.63, 3.8) is 0 Å². The third kappa shape index (κ3) is 6.28. The molecule has 0 saturated carbocycles. The molecule has 11 heteroatoms. The van der Waals surface area contributed by atoms with Gasteiger partial charge in [0.15, 0.2) is 11.6 Å². The molecule has 37 heavy (non-hydrogen) atoms. The first-order valence-corrected chi connectivity index (χ1v) is 12.6. The average molecular weight is 513 g/mol. The highest BCUT2D eigenvalue weighted by molar-refractivity contribution is 5.94. The third-order valence-electron chi connectivity index (χ3n) is 6.54. The van der Waals surface area contributed by atoms with Crippen molar-refractivity contribution in [2.45, 2.75) is 52.0 Å². The maximum absolute atomic E-state index is 12.0. The first-order valence-electron chi connectivity index (χ1n) is 12.6. The highest BCUT2D eigenvalue weighted by atomic mass is 16.7. The van der Waals surface area contributed by atoms with E-state index in [1.807, 2.05) is 26.8 Å². The van der Waals surface area contributed by atoms with Crippen molar-refractivity contribution >= 4 is 29.6 Å². The Balaban J connectivity index is 0.000000173. The summed E-state index contributed by atoms with van der Waals surface area (Å²) < 4.78 is 16.6. The molecule has 2 amide bonds. The predicted molar refractivity (Wildman–Crippen MR) is 140 cm³/mol. The molecule has 5 rings (SSSR count). The SMILES string of the molecule is CC1(C)OCC(COc2ccnc(NC=O)c2)O1.CCNC(=O)c1cc(C)c2c(n1)N(C)C1CCN2C1. The van der Waals surface area contributed by atoms with Gasteiger partial charge in [-0.3, -0.25) is 9.59 Å². The lowest BCUT2D eigenvalue weighted by molar-refractivity contribution is -0.141. The highest BCUT2D eigenvalue weighted by Gasteiger charge is 2.36. The van der Waals surface area contributed by atoms with E-state index in [4.69, 9.17) is 14.2 Å². The molecule has 2 saturated heterocycles. The fourth-order valence-electron chi connectivity index (χ4n) is 4.76. The van der Waals surface area contributed by atoms with E-state index in [-0.39, 0.29) is 12.0 Å². The summed E-state index contributed by atoms with van der Waals surface area (Å²) >= 11 is 0. The fourth-order valence-corrected chi connectivity index (χ4v) is 4.76. The van der Waals surface area contributed by atoms with Crippen molar-refractivity contribution in [2.75, 3.05) is 55.0 Å². The number of nitrogens with zero attached hydrogens (tertiary/aromatic N) is 4. The average Bonchev–Trinajstić information content (AvgIpc) is 3.46. The summed E-state index contributed by atoms with van der Waals surface area (Å²) in [4.78, 5) is 35.4. The predicted octanol–water partition coefficient (Wildman–Crippen LogP) is 2.35. The Morgan fingerprint density at radius 3 is 2.86 bits per heavy atom. The molecule has 3 aliphatic rings. The third-order valence-corrected chi connectivity index (χ3v) is 6.54. The topological polar surface area (TPSA) is 118 Å². The highest BCUT2D eigenvalue weighted by Crippen LogP contribution is 2.40. The molecular formula is C26H36N6O5. The van der Waals surface area contributed by atoms with Crippen LogP contribution in [0.25, 0.3) is 0 Å². The number of fused-ring (bicyclic) bond motifs is 4. The van der Waals surface area contributed by atoms with Crippen molar-refractivity contribution in [2.24, 2.45) is 0 Å². The van der Waals surface area contributed by atoms with E-state index in [9.17, 15) is 9.59 Å². The molecular weight excluding hydrogens is 476 g/mol. The number of amides is 2. The van der Waals surface area contributed by atoms with Gasteiger partial charge in [0.2, 0.25) is 6.41 Å². The fraction of sp³-hybridized carbons (Fsp3) is 0.538. The van der Waals surface area contributed by atoms with Crippen molar-refractivity contribution in [3.8, 4) is 5.75 Å². The minimum absolute atomic E-state index is 0.0874. The smallest absolute Gasteiger partial charge is 0.269 e. The molecule has 11 nitrogen and oxygen atoms in total.